The quantitative estimate of drug-likeness (QED) is 0.527. The van der Waals surface area contributed by atoms with Crippen molar-refractivity contribution < 1.29 is 10.0 Å². The van der Waals surface area contributed by atoms with Crippen molar-refractivity contribution in [2.45, 2.75) is 18.9 Å². The number of nitrogens with zero attached hydrogens (tertiary/aromatic N) is 2. The number of nitrogens with one attached hydrogen (secondary N) is 1. The van der Waals surface area contributed by atoms with Gasteiger partial charge < -0.3 is 10.4 Å². The van der Waals surface area contributed by atoms with E-state index in [0.29, 0.717) is 29.6 Å². The van der Waals surface area contributed by atoms with Crippen molar-refractivity contribution in [3.8, 4) is 0 Å². The Morgan fingerprint density at radius 1 is 1.16 bits per heavy atom. The Bertz CT molecular complexity index is 895. The van der Waals surface area contributed by atoms with E-state index in [1.165, 1.54) is 6.07 Å². The maximum absolute atomic E-state index is 11.2. The highest BCUT2D eigenvalue weighted by atomic mass is 16.6. The average molecular weight is 337 g/mol. The van der Waals surface area contributed by atoms with Crippen LogP contribution in [0.4, 0.5) is 11.4 Å². The van der Waals surface area contributed by atoms with Crippen LogP contribution in [-0.4, -0.2) is 21.6 Å². The number of hydrogen-bond acceptors (Lipinski definition) is 5. The third-order valence-electron chi connectivity index (χ3n) is 4.27. The number of anilines is 1. The van der Waals surface area contributed by atoms with Crippen LogP contribution < -0.4 is 5.32 Å². The number of hydrogen-bond donors (Lipinski definition) is 2. The summed E-state index contributed by atoms with van der Waals surface area (Å²) in [5.41, 5.74) is 1.19. The molecule has 0 spiro atoms. The van der Waals surface area contributed by atoms with E-state index in [9.17, 15) is 15.2 Å². The van der Waals surface area contributed by atoms with E-state index in [4.69, 9.17) is 0 Å². The molecule has 2 N–H and O–H groups in total. The summed E-state index contributed by atoms with van der Waals surface area (Å²) < 4.78 is 0. The predicted molar refractivity (Wildman–Crippen MR) is 97.5 cm³/mol. The molecule has 1 unspecified atom stereocenters. The molecule has 0 radical (unpaired) electrons. The molecular formula is C19H19N3O3. The van der Waals surface area contributed by atoms with Crippen LogP contribution in [0.25, 0.3) is 10.9 Å². The molecule has 0 amide bonds. The summed E-state index contributed by atoms with van der Waals surface area (Å²) in [5, 5.41) is 25.5. The summed E-state index contributed by atoms with van der Waals surface area (Å²) in [6, 6.07) is 16.0. The first-order valence-corrected chi connectivity index (χ1v) is 8.03. The lowest BCUT2D eigenvalue weighted by Gasteiger charge is -2.24. The van der Waals surface area contributed by atoms with Crippen LogP contribution in [0.2, 0.25) is 0 Å². The van der Waals surface area contributed by atoms with Crippen LogP contribution in [0, 0.1) is 10.1 Å². The van der Waals surface area contributed by atoms with Gasteiger partial charge in [0.1, 0.15) is 5.52 Å². The molecule has 6 nitrogen and oxygen atoms in total. The fourth-order valence-electron chi connectivity index (χ4n) is 2.84. The number of benzene rings is 2. The smallest absolute Gasteiger partial charge is 0.278 e. The molecule has 1 heterocycles. The normalized spacial score (nSPS) is 13.4. The zero-order valence-corrected chi connectivity index (χ0v) is 13.8. The zero-order chi connectivity index (χ0) is 17.9. The Morgan fingerprint density at radius 3 is 2.64 bits per heavy atom. The lowest BCUT2D eigenvalue weighted by atomic mass is 9.92. The van der Waals surface area contributed by atoms with Crippen molar-refractivity contribution in [1.29, 1.82) is 0 Å². The Labute approximate surface area is 145 Å². The van der Waals surface area contributed by atoms with Crippen LogP contribution in [-0.2, 0) is 5.60 Å². The second-order valence-corrected chi connectivity index (χ2v) is 6.11. The van der Waals surface area contributed by atoms with Crippen molar-refractivity contribution in [3.05, 3.63) is 76.5 Å². The molecule has 25 heavy (non-hydrogen) atoms. The highest BCUT2D eigenvalue weighted by Gasteiger charge is 2.22. The van der Waals surface area contributed by atoms with Gasteiger partial charge in [0.15, 0.2) is 0 Å². The molecule has 6 heteroatoms. The molecule has 0 saturated heterocycles. The number of aliphatic hydroxyl groups is 1. The lowest BCUT2D eigenvalue weighted by Crippen LogP contribution is -2.24. The lowest BCUT2D eigenvalue weighted by molar-refractivity contribution is -0.383. The van der Waals surface area contributed by atoms with Crippen LogP contribution in [0.5, 0.6) is 0 Å². The summed E-state index contributed by atoms with van der Waals surface area (Å²) in [6.45, 7) is 2.28. The third kappa shape index (κ3) is 3.59. The first-order valence-electron chi connectivity index (χ1n) is 8.03. The number of pyridine rings is 1. The number of aromatic nitrogens is 1. The molecule has 1 atom stereocenters. The largest absolute Gasteiger partial charge is 0.385 e. The van der Waals surface area contributed by atoms with Gasteiger partial charge in [-0.1, -0.05) is 30.3 Å². The molecule has 0 aliphatic rings. The Morgan fingerprint density at radius 2 is 1.92 bits per heavy atom. The van der Waals surface area contributed by atoms with E-state index in [1.807, 2.05) is 30.3 Å². The fourth-order valence-corrected chi connectivity index (χ4v) is 2.84. The number of nitro benzene ring substituents is 1. The average Bonchev–Trinajstić information content (AvgIpc) is 2.62. The Kier molecular flexibility index (Phi) is 4.63. The van der Waals surface area contributed by atoms with Crippen LogP contribution in [0.15, 0.2) is 60.8 Å². The van der Waals surface area contributed by atoms with Gasteiger partial charge in [-0.3, -0.25) is 15.1 Å². The number of non-ortho nitro benzene ring substituents is 1. The minimum Gasteiger partial charge on any atom is -0.385 e. The molecule has 0 fully saturated rings. The maximum atomic E-state index is 11.2. The zero-order valence-electron chi connectivity index (χ0n) is 13.8. The van der Waals surface area contributed by atoms with Gasteiger partial charge in [0.05, 0.1) is 21.6 Å². The van der Waals surface area contributed by atoms with Gasteiger partial charge >= 0.3 is 0 Å². The van der Waals surface area contributed by atoms with E-state index in [2.05, 4.69) is 10.3 Å². The summed E-state index contributed by atoms with van der Waals surface area (Å²) >= 11 is 0. The molecule has 3 aromatic rings. The fraction of sp³-hybridized carbons (Fsp3) is 0.211. The number of fused-ring (bicyclic) bond motifs is 1. The summed E-state index contributed by atoms with van der Waals surface area (Å²) in [7, 11) is 0. The van der Waals surface area contributed by atoms with Crippen molar-refractivity contribution in [1.82, 2.24) is 4.98 Å². The van der Waals surface area contributed by atoms with Gasteiger partial charge in [0.2, 0.25) is 0 Å². The van der Waals surface area contributed by atoms with E-state index in [1.54, 1.807) is 31.3 Å². The number of nitro groups is 1. The van der Waals surface area contributed by atoms with E-state index in [0.717, 1.165) is 5.56 Å². The molecular weight excluding hydrogens is 318 g/mol. The van der Waals surface area contributed by atoms with Gasteiger partial charge in [0.25, 0.3) is 5.69 Å². The standard InChI is InChI=1S/C19H19N3O3/c1-19(23,14-6-3-2-4-7-14)11-13-20-16-9-10-17(22(24)25)15-8-5-12-21-18(15)16/h2-10,12,20,23H,11,13H2,1H3. The van der Waals surface area contributed by atoms with E-state index in [-0.39, 0.29) is 5.69 Å². The Hall–Kier alpha value is -2.99. The first-order chi connectivity index (χ1) is 12.0. The third-order valence-corrected chi connectivity index (χ3v) is 4.27. The minimum absolute atomic E-state index is 0.0323. The van der Waals surface area contributed by atoms with Crippen molar-refractivity contribution >= 4 is 22.3 Å². The van der Waals surface area contributed by atoms with Crippen molar-refractivity contribution in [2.75, 3.05) is 11.9 Å². The SMILES string of the molecule is CC(O)(CCNc1ccc([N+](=O)[O-])c2cccnc12)c1ccccc1. The molecule has 3 rings (SSSR count). The Balaban J connectivity index is 1.78. The van der Waals surface area contributed by atoms with E-state index >= 15 is 0 Å². The van der Waals surface area contributed by atoms with Crippen LogP contribution >= 0.6 is 0 Å². The second kappa shape index (κ2) is 6.86. The summed E-state index contributed by atoms with van der Waals surface area (Å²) in [5.74, 6) is 0. The van der Waals surface area contributed by atoms with Crippen LogP contribution in [0.3, 0.4) is 0 Å². The van der Waals surface area contributed by atoms with Crippen LogP contribution in [0.1, 0.15) is 18.9 Å². The second-order valence-electron chi connectivity index (χ2n) is 6.11. The minimum atomic E-state index is -0.960. The van der Waals surface area contributed by atoms with Gasteiger partial charge in [-0.2, -0.15) is 0 Å². The molecule has 128 valence electrons. The molecule has 0 bridgehead atoms. The monoisotopic (exact) mass is 337 g/mol. The first kappa shape index (κ1) is 16.9. The van der Waals surface area contributed by atoms with Gasteiger partial charge in [-0.05, 0) is 37.1 Å². The van der Waals surface area contributed by atoms with Crippen molar-refractivity contribution in [3.63, 3.8) is 0 Å². The highest BCUT2D eigenvalue weighted by Crippen LogP contribution is 2.30. The van der Waals surface area contributed by atoms with Gasteiger partial charge in [0, 0.05) is 18.8 Å². The van der Waals surface area contributed by atoms with Gasteiger partial charge in [-0.15, -0.1) is 0 Å². The topological polar surface area (TPSA) is 88.3 Å². The molecule has 1 aromatic heterocycles. The maximum Gasteiger partial charge on any atom is 0.278 e. The molecule has 2 aromatic carbocycles. The summed E-state index contributed by atoms with van der Waals surface area (Å²) in [4.78, 5) is 15.0. The molecule has 0 aliphatic heterocycles. The van der Waals surface area contributed by atoms with Gasteiger partial charge in [-0.25, -0.2) is 0 Å². The van der Waals surface area contributed by atoms with Crippen molar-refractivity contribution in [2.24, 2.45) is 0 Å². The molecule has 0 saturated carbocycles. The number of rotatable bonds is 6. The van der Waals surface area contributed by atoms with E-state index < -0.39 is 10.5 Å². The summed E-state index contributed by atoms with van der Waals surface area (Å²) in [6.07, 6.45) is 2.10. The predicted octanol–water partition coefficient (Wildman–Crippen LogP) is 3.85. The highest BCUT2D eigenvalue weighted by molar-refractivity contribution is 5.96. The molecule has 0 aliphatic carbocycles.